The van der Waals surface area contributed by atoms with Crippen LogP contribution in [0, 0.1) is 5.82 Å². The van der Waals surface area contributed by atoms with Crippen molar-refractivity contribution in [3.8, 4) is 11.5 Å². The predicted octanol–water partition coefficient (Wildman–Crippen LogP) is 3.05. The molecule has 6 nitrogen and oxygen atoms in total. The Bertz CT molecular complexity index is 842. The zero-order chi connectivity index (χ0) is 21.3. The zero-order valence-corrected chi connectivity index (χ0v) is 17.3. The van der Waals surface area contributed by atoms with Gasteiger partial charge in [-0.1, -0.05) is 12.1 Å². The minimum absolute atomic E-state index is 0.0521. The highest BCUT2D eigenvalue weighted by Gasteiger charge is 2.23. The fourth-order valence-electron chi connectivity index (χ4n) is 3.39. The molecule has 0 spiro atoms. The molecule has 1 fully saturated rings. The number of hydrogen-bond acceptors (Lipinski definition) is 5. The van der Waals surface area contributed by atoms with E-state index in [0.717, 1.165) is 24.2 Å². The molecule has 1 amide bonds. The molecule has 2 aromatic rings. The normalized spacial score (nSPS) is 15.7. The van der Waals surface area contributed by atoms with Crippen LogP contribution < -0.4 is 14.8 Å². The van der Waals surface area contributed by atoms with E-state index < -0.39 is 0 Å². The average Bonchev–Trinajstić information content (AvgIpc) is 2.79. The summed E-state index contributed by atoms with van der Waals surface area (Å²) in [6, 6.07) is 11.8. The lowest BCUT2D eigenvalue weighted by Crippen LogP contribution is -2.43. The lowest BCUT2D eigenvalue weighted by atomic mass is 10.0. The fourth-order valence-corrected chi connectivity index (χ4v) is 3.39. The molecule has 30 heavy (non-hydrogen) atoms. The maximum atomic E-state index is 13.3. The van der Waals surface area contributed by atoms with Gasteiger partial charge < -0.3 is 19.5 Å². The van der Waals surface area contributed by atoms with Crippen molar-refractivity contribution >= 4 is 12.0 Å². The second kappa shape index (κ2) is 10.8. The van der Waals surface area contributed by atoms with Gasteiger partial charge in [0.1, 0.15) is 17.3 Å². The van der Waals surface area contributed by atoms with Crippen LogP contribution in [0.2, 0.25) is 0 Å². The molecule has 2 aromatic carbocycles. The topological polar surface area (TPSA) is 60.0 Å². The van der Waals surface area contributed by atoms with E-state index in [1.165, 1.54) is 18.2 Å². The number of rotatable bonds is 8. The second-order valence-corrected chi connectivity index (χ2v) is 6.94. The summed E-state index contributed by atoms with van der Waals surface area (Å²) in [6.45, 7) is 3.22. The van der Waals surface area contributed by atoms with E-state index in [2.05, 4.69) is 10.2 Å². The second-order valence-electron chi connectivity index (χ2n) is 6.94. The Balaban J connectivity index is 1.66. The SMILES string of the molecule is COc1cc(/C=C/C(=O)NC[C@H](c2ccc(F)cc2)N2CCOCC2)cc(OC)c1. The van der Waals surface area contributed by atoms with Gasteiger partial charge in [0.2, 0.25) is 5.91 Å². The summed E-state index contributed by atoms with van der Waals surface area (Å²) in [5.41, 5.74) is 1.75. The van der Waals surface area contributed by atoms with Crippen LogP contribution in [0.15, 0.2) is 48.5 Å². The summed E-state index contributed by atoms with van der Waals surface area (Å²) in [5, 5.41) is 2.96. The van der Waals surface area contributed by atoms with Gasteiger partial charge in [-0.15, -0.1) is 0 Å². The molecule has 0 unspecified atom stereocenters. The Morgan fingerprint density at radius 1 is 1.13 bits per heavy atom. The van der Waals surface area contributed by atoms with Gasteiger partial charge >= 0.3 is 0 Å². The highest BCUT2D eigenvalue weighted by Crippen LogP contribution is 2.24. The van der Waals surface area contributed by atoms with Crippen molar-refractivity contribution in [2.75, 3.05) is 47.1 Å². The first-order valence-corrected chi connectivity index (χ1v) is 9.85. The largest absolute Gasteiger partial charge is 0.497 e. The predicted molar refractivity (Wildman–Crippen MR) is 113 cm³/mol. The Morgan fingerprint density at radius 2 is 1.77 bits per heavy atom. The van der Waals surface area contributed by atoms with Crippen molar-refractivity contribution in [2.45, 2.75) is 6.04 Å². The molecule has 1 N–H and O–H groups in total. The van der Waals surface area contributed by atoms with E-state index in [-0.39, 0.29) is 17.8 Å². The maximum Gasteiger partial charge on any atom is 0.244 e. The van der Waals surface area contributed by atoms with Crippen molar-refractivity contribution in [3.63, 3.8) is 0 Å². The minimum Gasteiger partial charge on any atom is -0.497 e. The Labute approximate surface area is 176 Å². The standard InChI is InChI=1S/C23H27FN2O4/c1-28-20-13-17(14-21(15-20)29-2)3-8-23(27)25-16-22(26-9-11-30-12-10-26)18-4-6-19(24)7-5-18/h3-8,13-15,22H,9-12,16H2,1-2H3,(H,25,27)/b8-3+/t22-/m1/s1. The number of nitrogens with one attached hydrogen (secondary N) is 1. The molecule has 1 saturated heterocycles. The van der Waals surface area contributed by atoms with Gasteiger partial charge in [-0.3, -0.25) is 9.69 Å². The number of methoxy groups -OCH3 is 2. The highest BCUT2D eigenvalue weighted by molar-refractivity contribution is 5.91. The number of nitrogens with zero attached hydrogens (tertiary/aromatic N) is 1. The smallest absolute Gasteiger partial charge is 0.244 e. The number of ether oxygens (including phenoxy) is 3. The molecule has 0 aromatic heterocycles. The van der Waals surface area contributed by atoms with E-state index in [0.29, 0.717) is 31.3 Å². The van der Waals surface area contributed by atoms with E-state index in [1.807, 2.05) is 12.1 Å². The van der Waals surface area contributed by atoms with Crippen molar-refractivity contribution in [1.82, 2.24) is 10.2 Å². The highest BCUT2D eigenvalue weighted by atomic mass is 19.1. The monoisotopic (exact) mass is 414 g/mol. The number of halogens is 1. The third kappa shape index (κ3) is 6.05. The first-order chi connectivity index (χ1) is 14.6. The first kappa shape index (κ1) is 21.8. The fraction of sp³-hybridized carbons (Fsp3) is 0.348. The van der Waals surface area contributed by atoms with Crippen LogP contribution in [0.5, 0.6) is 11.5 Å². The summed E-state index contributed by atoms with van der Waals surface area (Å²) in [6.07, 6.45) is 3.19. The molecule has 0 aliphatic carbocycles. The number of benzene rings is 2. The molecule has 1 aliphatic rings. The molecule has 3 rings (SSSR count). The van der Waals surface area contributed by atoms with Crippen LogP contribution in [0.3, 0.4) is 0 Å². The lowest BCUT2D eigenvalue weighted by Gasteiger charge is -2.34. The van der Waals surface area contributed by atoms with Gasteiger partial charge in [0.15, 0.2) is 0 Å². The Hall–Kier alpha value is -2.90. The molecule has 1 atom stereocenters. The van der Waals surface area contributed by atoms with Crippen molar-refractivity contribution < 1.29 is 23.4 Å². The third-order valence-electron chi connectivity index (χ3n) is 5.01. The van der Waals surface area contributed by atoms with Gasteiger partial charge in [-0.25, -0.2) is 4.39 Å². The van der Waals surface area contributed by atoms with Crippen LogP contribution in [0.1, 0.15) is 17.2 Å². The molecule has 0 bridgehead atoms. The Kier molecular flexibility index (Phi) is 7.82. The summed E-state index contributed by atoms with van der Waals surface area (Å²) >= 11 is 0. The van der Waals surface area contributed by atoms with Crippen LogP contribution in [0.25, 0.3) is 6.08 Å². The number of amides is 1. The minimum atomic E-state index is -0.278. The first-order valence-electron chi connectivity index (χ1n) is 9.85. The molecule has 7 heteroatoms. The summed E-state index contributed by atoms with van der Waals surface area (Å²) in [5.74, 6) is 0.813. The summed E-state index contributed by atoms with van der Waals surface area (Å²) < 4.78 is 29.3. The maximum absolute atomic E-state index is 13.3. The molecule has 0 saturated carbocycles. The van der Waals surface area contributed by atoms with Crippen LogP contribution in [0.4, 0.5) is 4.39 Å². The molecule has 1 aliphatic heterocycles. The third-order valence-corrected chi connectivity index (χ3v) is 5.01. The molecular formula is C23H27FN2O4. The van der Waals surface area contributed by atoms with Crippen LogP contribution in [-0.2, 0) is 9.53 Å². The number of hydrogen-bond donors (Lipinski definition) is 1. The van der Waals surface area contributed by atoms with E-state index >= 15 is 0 Å². The quantitative estimate of drug-likeness (QED) is 0.673. The molecule has 160 valence electrons. The average molecular weight is 414 g/mol. The van der Waals surface area contributed by atoms with Crippen LogP contribution in [-0.4, -0.2) is 57.9 Å². The van der Waals surface area contributed by atoms with Crippen LogP contribution >= 0.6 is 0 Å². The number of carbonyl (C=O) groups is 1. The number of carbonyl (C=O) groups excluding carboxylic acids is 1. The van der Waals surface area contributed by atoms with Gasteiger partial charge in [0, 0.05) is 31.8 Å². The summed E-state index contributed by atoms with van der Waals surface area (Å²) in [7, 11) is 3.16. The van der Waals surface area contributed by atoms with E-state index in [9.17, 15) is 9.18 Å². The van der Waals surface area contributed by atoms with Gasteiger partial charge in [0.05, 0.1) is 33.5 Å². The molecular weight excluding hydrogens is 387 g/mol. The van der Waals surface area contributed by atoms with Gasteiger partial charge in [-0.2, -0.15) is 0 Å². The van der Waals surface area contributed by atoms with Crippen molar-refractivity contribution in [3.05, 3.63) is 65.5 Å². The molecule has 1 heterocycles. The number of morpholine rings is 1. The molecule has 0 radical (unpaired) electrons. The zero-order valence-electron chi connectivity index (χ0n) is 17.3. The lowest BCUT2D eigenvalue weighted by molar-refractivity contribution is -0.116. The van der Waals surface area contributed by atoms with Crippen molar-refractivity contribution in [2.24, 2.45) is 0 Å². The summed E-state index contributed by atoms with van der Waals surface area (Å²) in [4.78, 5) is 14.7. The van der Waals surface area contributed by atoms with Gasteiger partial charge in [-0.05, 0) is 41.5 Å². The van der Waals surface area contributed by atoms with Gasteiger partial charge in [0.25, 0.3) is 0 Å². The van der Waals surface area contributed by atoms with E-state index in [1.54, 1.807) is 38.5 Å². The van der Waals surface area contributed by atoms with Crippen molar-refractivity contribution in [1.29, 1.82) is 0 Å². The van der Waals surface area contributed by atoms with E-state index in [4.69, 9.17) is 14.2 Å². The Morgan fingerprint density at radius 3 is 2.37 bits per heavy atom.